The van der Waals surface area contributed by atoms with E-state index in [0.717, 1.165) is 0 Å². The van der Waals surface area contributed by atoms with Crippen LogP contribution in [0, 0.1) is 67.5 Å². The van der Waals surface area contributed by atoms with Crippen LogP contribution < -0.4 is 0 Å². The second kappa shape index (κ2) is 24.9. The Labute approximate surface area is 391 Å². The van der Waals surface area contributed by atoms with E-state index < -0.39 is 44.4 Å². The number of hydrogen-bond donors (Lipinski definition) is 0. The van der Waals surface area contributed by atoms with Crippen LogP contribution in [0.5, 0.6) is 0 Å². The van der Waals surface area contributed by atoms with Gasteiger partial charge in [0.2, 0.25) is 0 Å². The summed E-state index contributed by atoms with van der Waals surface area (Å²) in [6.07, 6.45) is 1.79. The van der Waals surface area contributed by atoms with Crippen molar-refractivity contribution >= 4 is 29.8 Å². The molecule has 0 heterocycles. The van der Waals surface area contributed by atoms with Crippen molar-refractivity contribution < 1.29 is 47.7 Å². The van der Waals surface area contributed by atoms with Crippen molar-refractivity contribution in [1.82, 2.24) is 9.80 Å². The summed E-state index contributed by atoms with van der Waals surface area (Å²) < 4.78 is 30.5. The van der Waals surface area contributed by atoms with Gasteiger partial charge in [-0.25, -0.2) is 0 Å². The Morgan fingerprint density at radius 2 is 0.734 bits per heavy atom. The summed E-state index contributed by atoms with van der Waals surface area (Å²) in [5.74, 6) is -2.59. The van der Waals surface area contributed by atoms with Crippen molar-refractivity contribution in [1.29, 1.82) is 0 Å². The normalized spacial score (nSPS) is 18.2. The van der Waals surface area contributed by atoms with Crippen molar-refractivity contribution in [2.75, 3.05) is 74.3 Å². The fourth-order valence-corrected chi connectivity index (χ4v) is 8.41. The van der Waals surface area contributed by atoms with Gasteiger partial charge < -0.3 is 33.5 Å². The Balaban J connectivity index is 7.18. The lowest BCUT2D eigenvalue weighted by Crippen LogP contribution is -2.48. The van der Waals surface area contributed by atoms with Crippen LogP contribution in [-0.2, 0) is 47.7 Å². The Morgan fingerprint density at radius 3 is 1.02 bits per heavy atom. The highest BCUT2D eigenvalue weighted by atomic mass is 16.6. The lowest BCUT2D eigenvalue weighted by molar-refractivity contribution is -0.181. The molecule has 0 bridgehead atoms. The van der Waals surface area contributed by atoms with Gasteiger partial charge in [-0.15, -0.1) is 0 Å². The van der Waals surface area contributed by atoms with Gasteiger partial charge in [-0.2, -0.15) is 0 Å². The van der Waals surface area contributed by atoms with Gasteiger partial charge in [0.1, 0.15) is 33.0 Å². The van der Waals surface area contributed by atoms with Gasteiger partial charge >= 0.3 is 29.8 Å². The van der Waals surface area contributed by atoms with Gasteiger partial charge in [-0.1, -0.05) is 96.9 Å². The largest absolute Gasteiger partial charge is 0.464 e. The maximum Gasteiger partial charge on any atom is 0.312 e. The third-order valence-electron chi connectivity index (χ3n) is 14.5. The van der Waals surface area contributed by atoms with E-state index in [1.165, 1.54) is 0 Å². The molecule has 0 spiro atoms. The van der Waals surface area contributed by atoms with Crippen molar-refractivity contribution in [3.05, 3.63) is 0 Å². The molecule has 0 aliphatic carbocycles. The molecule has 0 N–H and O–H groups in total. The maximum absolute atomic E-state index is 14.6. The smallest absolute Gasteiger partial charge is 0.312 e. The fraction of sp³-hybridized carbons (Fsp3) is 0.904. The van der Waals surface area contributed by atoms with Gasteiger partial charge in [0.25, 0.3) is 0 Å². The van der Waals surface area contributed by atoms with Crippen LogP contribution >= 0.6 is 0 Å². The molecule has 0 aliphatic heterocycles. The molecule has 0 aromatic carbocycles. The van der Waals surface area contributed by atoms with E-state index in [0.29, 0.717) is 32.4 Å². The van der Waals surface area contributed by atoms with E-state index in [9.17, 15) is 24.0 Å². The molecule has 12 nitrogen and oxygen atoms in total. The second-order valence-electron chi connectivity index (χ2n) is 24.0. The van der Waals surface area contributed by atoms with Gasteiger partial charge in [0, 0.05) is 13.1 Å². The molecule has 0 saturated heterocycles. The molecule has 6 unspecified atom stereocenters. The number of ether oxygens (including phenoxy) is 5. The molecule has 0 aromatic rings. The van der Waals surface area contributed by atoms with Crippen LogP contribution in [0.2, 0.25) is 0 Å². The molecule has 0 radical (unpaired) electrons. The third-order valence-corrected chi connectivity index (χ3v) is 14.5. The maximum atomic E-state index is 14.6. The van der Waals surface area contributed by atoms with Crippen LogP contribution in [0.25, 0.3) is 0 Å². The van der Waals surface area contributed by atoms with E-state index >= 15 is 0 Å². The fourth-order valence-electron chi connectivity index (χ4n) is 8.41. The quantitative estimate of drug-likeness (QED) is 0.0522. The number of nitrogens with zero attached hydrogens (tertiary/aromatic N) is 2. The van der Waals surface area contributed by atoms with Gasteiger partial charge in [-0.3, -0.25) is 24.0 Å². The minimum absolute atomic E-state index is 0.0380. The summed E-state index contributed by atoms with van der Waals surface area (Å²) >= 11 is 0. The monoisotopic (exact) mass is 911 g/mol. The summed E-state index contributed by atoms with van der Waals surface area (Å²) in [6, 6.07) is 0. The summed E-state index contributed by atoms with van der Waals surface area (Å²) in [7, 11) is 7.65. The lowest BCUT2D eigenvalue weighted by atomic mass is 9.63. The Kier molecular flexibility index (Phi) is 23.8. The first kappa shape index (κ1) is 61.3. The highest BCUT2D eigenvalue weighted by molar-refractivity contribution is 5.82. The highest BCUT2D eigenvalue weighted by Gasteiger charge is 2.52. The number of hydrogen-bond acceptors (Lipinski definition) is 12. The number of carbonyl (C=O) groups excluding carboxylic acids is 5. The topological polar surface area (TPSA) is 138 Å². The van der Waals surface area contributed by atoms with E-state index in [1.54, 1.807) is 0 Å². The molecule has 0 amide bonds. The van der Waals surface area contributed by atoms with Gasteiger partial charge in [-0.05, 0) is 130 Å². The first-order valence-electron chi connectivity index (χ1n) is 24.1. The minimum atomic E-state index is -1.13. The van der Waals surface area contributed by atoms with Crippen LogP contribution in [0.15, 0.2) is 0 Å². The first-order chi connectivity index (χ1) is 28.9. The zero-order valence-corrected chi connectivity index (χ0v) is 45.3. The van der Waals surface area contributed by atoms with E-state index in [-0.39, 0.29) is 98.8 Å². The molecular weight excluding hydrogens is 813 g/mol. The highest BCUT2D eigenvalue weighted by Crippen LogP contribution is 2.48. The molecular formula is C52H98N2O10. The molecule has 0 saturated carbocycles. The van der Waals surface area contributed by atoms with E-state index in [2.05, 4.69) is 20.8 Å². The van der Waals surface area contributed by atoms with Crippen molar-refractivity contribution in [3.8, 4) is 0 Å². The molecule has 0 rings (SSSR count). The Morgan fingerprint density at radius 1 is 0.438 bits per heavy atom. The van der Waals surface area contributed by atoms with Crippen LogP contribution in [0.3, 0.4) is 0 Å². The zero-order chi connectivity index (χ0) is 50.4. The molecule has 0 fully saturated rings. The van der Waals surface area contributed by atoms with Crippen LogP contribution in [0.1, 0.15) is 164 Å². The van der Waals surface area contributed by atoms with E-state index in [4.69, 9.17) is 23.7 Å². The minimum Gasteiger partial charge on any atom is -0.464 e. The molecule has 0 aliphatic rings. The van der Waals surface area contributed by atoms with Gasteiger partial charge in [0.15, 0.2) is 0 Å². The third kappa shape index (κ3) is 17.5. The van der Waals surface area contributed by atoms with Gasteiger partial charge in [0.05, 0.1) is 32.5 Å². The first-order valence-corrected chi connectivity index (χ1v) is 24.1. The summed E-state index contributed by atoms with van der Waals surface area (Å²) in [6.45, 7) is 38.3. The van der Waals surface area contributed by atoms with Crippen molar-refractivity contribution in [2.45, 2.75) is 164 Å². The molecule has 64 heavy (non-hydrogen) atoms. The standard InChI is InChI=1S/C52H98N2O10/c1-24-52(33-62-43(57)48(16,37(4)5)30-46(12,13)14,35-64-45(59)51(19,40(10)11)32-50(18,39(8)9)42(56)61-28-26-54(22)23)34-63-44(58)49(17,38(6)7)31-47(15,29-36(2)3)41(55)60-27-25-53(20)21/h36-40H,24-35H2,1-23H3. The summed E-state index contributed by atoms with van der Waals surface area (Å²) in [5, 5.41) is 0. The average Bonchev–Trinajstić information content (AvgIpc) is 3.15. The molecule has 0 aromatic heterocycles. The van der Waals surface area contributed by atoms with Crippen molar-refractivity contribution in [2.24, 2.45) is 67.5 Å². The number of esters is 5. The number of carbonyl (C=O) groups is 5. The van der Waals surface area contributed by atoms with Crippen LogP contribution in [0.4, 0.5) is 0 Å². The molecule has 376 valence electrons. The summed E-state index contributed by atoms with van der Waals surface area (Å²) in [5.41, 5.74) is -6.33. The molecule has 12 heteroatoms. The Bertz CT molecular complexity index is 1500. The zero-order valence-electron chi connectivity index (χ0n) is 45.3. The molecule has 6 atom stereocenters. The number of likely N-dealkylation sites (N-methyl/N-ethyl adjacent to an activating group) is 2. The second-order valence-corrected chi connectivity index (χ2v) is 24.0. The van der Waals surface area contributed by atoms with E-state index in [1.807, 2.05) is 149 Å². The van der Waals surface area contributed by atoms with Crippen LogP contribution in [-0.4, -0.2) is 114 Å². The average molecular weight is 911 g/mol. The Hall–Kier alpha value is -2.73. The lowest BCUT2D eigenvalue weighted by Gasteiger charge is -2.42. The summed E-state index contributed by atoms with van der Waals surface area (Å²) in [4.78, 5) is 74.9. The van der Waals surface area contributed by atoms with Crippen molar-refractivity contribution in [3.63, 3.8) is 0 Å². The SMILES string of the molecule is CCC(COC(=O)C(C)(CC(C)(C)C)C(C)C)(COC(=O)C(C)(CC(C)(CC(C)C)C(=O)OCCN(C)C)C(C)C)COC(=O)C(C)(CC(C)(C(=O)OCCN(C)C)C(C)C)C(C)C. The predicted octanol–water partition coefficient (Wildman–Crippen LogP) is 10.1. The number of rotatable bonds is 29. The predicted molar refractivity (Wildman–Crippen MR) is 257 cm³/mol.